The zero-order valence-electron chi connectivity index (χ0n) is 6.90. The fourth-order valence-corrected chi connectivity index (χ4v) is 1.25. The first-order valence-electron chi connectivity index (χ1n) is 3.44. The first-order chi connectivity index (χ1) is 5.70. The van der Waals surface area contributed by atoms with E-state index in [-0.39, 0.29) is 11.6 Å². The highest BCUT2D eigenvalue weighted by Crippen LogP contribution is 2.23. The first kappa shape index (κ1) is 9.26. The molecule has 0 unspecified atom stereocenters. The Morgan fingerprint density at radius 2 is 2.33 bits per heavy atom. The van der Waals surface area contributed by atoms with Crippen LogP contribution in [0.1, 0.15) is 11.3 Å². The van der Waals surface area contributed by atoms with Crippen LogP contribution in [0.25, 0.3) is 0 Å². The van der Waals surface area contributed by atoms with E-state index in [1.165, 1.54) is 7.11 Å². The molecule has 0 bridgehead atoms. The molecule has 0 aliphatic heterocycles. The van der Waals surface area contributed by atoms with Gasteiger partial charge in [-0.1, -0.05) is 0 Å². The van der Waals surface area contributed by atoms with Crippen molar-refractivity contribution in [2.75, 3.05) is 7.11 Å². The van der Waals surface area contributed by atoms with Crippen LogP contribution in [0.5, 0.6) is 5.75 Å². The van der Waals surface area contributed by atoms with Crippen LogP contribution < -0.4 is 4.74 Å². The molecule has 0 fully saturated rings. The van der Waals surface area contributed by atoms with Crippen LogP contribution in [-0.4, -0.2) is 12.1 Å². The van der Waals surface area contributed by atoms with Gasteiger partial charge in [0.1, 0.15) is 0 Å². The van der Waals surface area contributed by atoms with E-state index in [1.807, 2.05) is 0 Å². The Bertz CT molecular complexity index is 291. The third kappa shape index (κ3) is 1.50. The summed E-state index contributed by atoms with van der Waals surface area (Å²) in [5.41, 5.74) is 1.31. The van der Waals surface area contributed by atoms with Crippen molar-refractivity contribution < 1.29 is 9.13 Å². The van der Waals surface area contributed by atoms with Crippen molar-refractivity contribution in [2.45, 2.75) is 12.8 Å². The lowest BCUT2D eigenvalue weighted by Crippen LogP contribution is -1.98. The average molecular weight is 190 g/mol. The smallest absolute Gasteiger partial charge is 0.183 e. The van der Waals surface area contributed by atoms with Crippen molar-refractivity contribution in [1.29, 1.82) is 0 Å². The Morgan fingerprint density at radius 1 is 1.67 bits per heavy atom. The lowest BCUT2D eigenvalue weighted by molar-refractivity contribution is 0.381. The maximum atomic E-state index is 12.9. The molecule has 66 valence electrons. The van der Waals surface area contributed by atoms with Crippen LogP contribution in [0.4, 0.5) is 4.39 Å². The molecule has 0 N–H and O–H groups in total. The van der Waals surface area contributed by atoms with Crippen LogP contribution in [0.15, 0.2) is 6.20 Å². The average Bonchev–Trinajstić information content (AvgIpc) is 2.06. The highest BCUT2D eigenvalue weighted by Gasteiger charge is 2.10. The number of alkyl halides is 1. The molecule has 0 aliphatic carbocycles. The van der Waals surface area contributed by atoms with Crippen molar-refractivity contribution in [3.05, 3.63) is 23.3 Å². The minimum absolute atomic E-state index is 0.223. The monoisotopic (exact) mass is 189 g/mol. The largest absolute Gasteiger partial charge is 0.493 e. The van der Waals surface area contributed by atoms with Gasteiger partial charge in [0.05, 0.1) is 24.9 Å². The summed E-state index contributed by atoms with van der Waals surface area (Å²) >= 11 is 5.57. The Morgan fingerprint density at radius 3 is 2.83 bits per heavy atom. The summed E-state index contributed by atoms with van der Waals surface area (Å²) in [7, 11) is 1.42. The van der Waals surface area contributed by atoms with Gasteiger partial charge in [0.25, 0.3) is 0 Å². The highest BCUT2D eigenvalue weighted by molar-refractivity contribution is 6.17. The van der Waals surface area contributed by atoms with E-state index in [0.29, 0.717) is 11.3 Å². The van der Waals surface area contributed by atoms with Gasteiger partial charge >= 0.3 is 0 Å². The maximum Gasteiger partial charge on any atom is 0.183 e. The van der Waals surface area contributed by atoms with Crippen molar-refractivity contribution in [2.24, 2.45) is 0 Å². The van der Waals surface area contributed by atoms with Crippen molar-refractivity contribution in [1.82, 2.24) is 4.98 Å². The quantitative estimate of drug-likeness (QED) is 0.666. The molecule has 1 heterocycles. The molecule has 12 heavy (non-hydrogen) atoms. The zero-order chi connectivity index (χ0) is 9.14. The Kier molecular flexibility index (Phi) is 2.87. The third-order valence-electron chi connectivity index (χ3n) is 1.65. The SMILES string of the molecule is COc1c(F)cnc(CCl)c1C. The molecule has 1 aromatic rings. The summed E-state index contributed by atoms with van der Waals surface area (Å²) in [4.78, 5) is 3.82. The molecule has 0 radical (unpaired) electrons. The standard InChI is InChI=1S/C8H9ClFNO/c1-5-7(3-9)11-4-6(10)8(5)12-2/h4H,3H2,1-2H3. The number of methoxy groups -OCH3 is 1. The third-order valence-corrected chi connectivity index (χ3v) is 1.91. The van der Waals surface area contributed by atoms with Gasteiger partial charge < -0.3 is 4.74 Å². The summed E-state index contributed by atoms with van der Waals surface area (Å²) in [5, 5.41) is 0. The molecule has 0 amide bonds. The molecule has 1 rings (SSSR count). The lowest BCUT2D eigenvalue weighted by atomic mass is 10.2. The van der Waals surface area contributed by atoms with E-state index in [1.54, 1.807) is 6.92 Å². The molecule has 0 aromatic carbocycles. The van der Waals surface area contributed by atoms with Gasteiger partial charge in [0.2, 0.25) is 0 Å². The number of hydrogen-bond donors (Lipinski definition) is 0. The van der Waals surface area contributed by atoms with Gasteiger partial charge in [-0.3, -0.25) is 4.98 Å². The molecule has 0 saturated carbocycles. The molecular formula is C8H9ClFNO. The molecular weight excluding hydrogens is 181 g/mol. The summed E-state index contributed by atoms with van der Waals surface area (Å²) < 4.78 is 17.8. The fourth-order valence-electron chi connectivity index (χ4n) is 0.986. The molecule has 0 aliphatic rings. The van der Waals surface area contributed by atoms with Crippen LogP contribution >= 0.6 is 11.6 Å². The number of pyridine rings is 1. The number of halogens is 2. The van der Waals surface area contributed by atoms with Gasteiger partial charge in [0, 0.05) is 5.56 Å². The molecule has 2 nitrogen and oxygen atoms in total. The maximum absolute atomic E-state index is 12.9. The number of nitrogens with zero attached hydrogens (tertiary/aromatic N) is 1. The second-order valence-corrected chi connectivity index (χ2v) is 2.61. The predicted octanol–water partition coefficient (Wildman–Crippen LogP) is 2.28. The number of aromatic nitrogens is 1. The molecule has 4 heteroatoms. The lowest BCUT2D eigenvalue weighted by Gasteiger charge is -2.07. The van der Waals surface area contributed by atoms with Gasteiger partial charge in [-0.25, -0.2) is 4.39 Å². The van der Waals surface area contributed by atoms with Crippen molar-refractivity contribution in [3.63, 3.8) is 0 Å². The van der Waals surface area contributed by atoms with E-state index in [9.17, 15) is 4.39 Å². The first-order valence-corrected chi connectivity index (χ1v) is 3.98. The second kappa shape index (κ2) is 3.72. The molecule has 0 atom stereocenters. The van der Waals surface area contributed by atoms with Crippen LogP contribution in [0.3, 0.4) is 0 Å². The Balaban J connectivity index is 3.24. The van der Waals surface area contributed by atoms with Crippen LogP contribution in [-0.2, 0) is 5.88 Å². The number of ether oxygens (including phenoxy) is 1. The molecule has 0 saturated heterocycles. The summed E-state index contributed by atoms with van der Waals surface area (Å²) in [6.07, 6.45) is 1.11. The van der Waals surface area contributed by atoms with Gasteiger partial charge in [0.15, 0.2) is 11.6 Å². The fraction of sp³-hybridized carbons (Fsp3) is 0.375. The van der Waals surface area contributed by atoms with E-state index < -0.39 is 5.82 Å². The van der Waals surface area contributed by atoms with E-state index >= 15 is 0 Å². The second-order valence-electron chi connectivity index (χ2n) is 2.34. The molecule has 0 spiro atoms. The molecule has 1 aromatic heterocycles. The summed E-state index contributed by atoms with van der Waals surface area (Å²) in [5.74, 6) is 0.0344. The van der Waals surface area contributed by atoms with Crippen molar-refractivity contribution in [3.8, 4) is 5.75 Å². The van der Waals surface area contributed by atoms with E-state index in [4.69, 9.17) is 16.3 Å². The van der Waals surface area contributed by atoms with Gasteiger partial charge in [-0.15, -0.1) is 11.6 Å². The van der Waals surface area contributed by atoms with E-state index in [2.05, 4.69) is 4.98 Å². The van der Waals surface area contributed by atoms with Crippen LogP contribution in [0, 0.1) is 12.7 Å². The van der Waals surface area contributed by atoms with Crippen molar-refractivity contribution >= 4 is 11.6 Å². The number of rotatable bonds is 2. The highest BCUT2D eigenvalue weighted by atomic mass is 35.5. The van der Waals surface area contributed by atoms with E-state index in [0.717, 1.165) is 6.20 Å². The Labute approximate surface area is 75.3 Å². The summed E-state index contributed by atoms with van der Waals surface area (Å²) in [6, 6.07) is 0. The summed E-state index contributed by atoms with van der Waals surface area (Å²) in [6.45, 7) is 1.73. The topological polar surface area (TPSA) is 22.1 Å². The van der Waals surface area contributed by atoms with Gasteiger partial charge in [-0.05, 0) is 6.92 Å². The Hall–Kier alpha value is -0.830. The van der Waals surface area contributed by atoms with Gasteiger partial charge in [-0.2, -0.15) is 0 Å². The number of hydrogen-bond acceptors (Lipinski definition) is 2. The minimum atomic E-state index is -0.455. The minimum Gasteiger partial charge on any atom is -0.493 e. The van der Waals surface area contributed by atoms with Crippen LogP contribution in [0.2, 0.25) is 0 Å². The zero-order valence-corrected chi connectivity index (χ0v) is 7.65. The predicted molar refractivity (Wildman–Crippen MR) is 45.0 cm³/mol. The normalized spacial score (nSPS) is 10.0.